The number of hydrogen-bond acceptors (Lipinski definition) is 2. The van der Waals surface area contributed by atoms with Crippen LogP contribution in [0.1, 0.15) is 6.92 Å². The van der Waals surface area contributed by atoms with Crippen LogP contribution < -0.4 is 0 Å². The zero-order valence-corrected chi connectivity index (χ0v) is 10.8. The van der Waals surface area contributed by atoms with Gasteiger partial charge in [0.05, 0.1) is 12.0 Å². The summed E-state index contributed by atoms with van der Waals surface area (Å²) in [5.74, 6) is 1.89. The van der Waals surface area contributed by atoms with Crippen LogP contribution in [-0.2, 0) is 21.8 Å². The fraction of sp³-hybridized carbons (Fsp3) is 0.214. The molecule has 2 fully saturated rings. The van der Waals surface area contributed by atoms with E-state index >= 15 is 0 Å². The Bertz CT molecular complexity index is 225. The number of rotatable bonds is 1. The molecule has 2 aliphatic carbocycles. The molecule has 10 radical (unpaired) electrons. The first-order valence-corrected chi connectivity index (χ1v) is 5.45. The van der Waals surface area contributed by atoms with Crippen LogP contribution in [0.25, 0.3) is 0 Å². The second-order valence-corrected chi connectivity index (χ2v) is 3.73. The van der Waals surface area contributed by atoms with Crippen molar-refractivity contribution in [3.63, 3.8) is 0 Å². The number of ether oxygens (including phenoxy) is 1. The molecule has 0 aromatic heterocycles. The van der Waals surface area contributed by atoms with Crippen LogP contribution in [0, 0.1) is 63.7 Å². The third kappa shape index (κ3) is 5.01. The summed E-state index contributed by atoms with van der Waals surface area (Å²) in [7, 11) is 0. The van der Waals surface area contributed by atoms with Crippen molar-refractivity contribution in [1.82, 2.24) is 0 Å². The third-order valence-electron chi connectivity index (χ3n) is 2.26. The Morgan fingerprint density at radius 1 is 1.00 bits per heavy atom. The van der Waals surface area contributed by atoms with Gasteiger partial charge in [-0.25, -0.2) is 4.99 Å². The summed E-state index contributed by atoms with van der Waals surface area (Å²) in [6, 6.07) is 0.319. The van der Waals surface area contributed by atoms with Crippen molar-refractivity contribution in [1.29, 1.82) is 0 Å². The second-order valence-electron chi connectivity index (χ2n) is 3.73. The molecule has 17 heavy (non-hydrogen) atoms. The fourth-order valence-corrected chi connectivity index (χ4v) is 1.47. The van der Waals surface area contributed by atoms with E-state index in [4.69, 9.17) is 4.74 Å². The number of aliphatic imine (C=N–C) groups is 1. The maximum Gasteiger partial charge on any atom is 0.191 e. The van der Waals surface area contributed by atoms with Crippen molar-refractivity contribution in [3.05, 3.63) is 63.7 Å². The van der Waals surface area contributed by atoms with Crippen molar-refractivity contribution in [2.75, 3.05) is 6.61 Å². The standard InChI is InChI=1S/C9H10NO.C5H5.Fe/c1-7-6-11-9(10-7)8-4-2-3-5-8;1-2-4-5-3-1;/h2-5,7H,6H2,1H3;1-5H;/t7-;;/m0../s1. The molecule has 0 spiro atoms. The van der Waals surface area contributed by atoms with Crippen molar-refractivity contribution < 1.29 is 21.8 Å². The van der Waals surface area contributed by atoms with Gasteiger partial charge in [-0.2, -0.15) is 0 Å². The molecule has 2 nitrogen and oxygen atoms in total. The molecule has 0 N–H and O–H groups in total. The molecule has 0 bridgehead atoms. The molecule has 0 aromatic carbocycles. The van der Waals surface area contributed by atoms with E-state index in [0.717, 1.165) is 18.4 Å². The average molecular weight is 269 g/mol. The van der Waals surface area contributed by atoms with Crippen LogP contribution in [0.5, 0.6) is 0 Å². The molecule has 3 heteroatoms. The Hall–Kier alpha value is -0.0105. The first-order valence-electron chi connectivity index (χ1n) is 5.45. The van der Waals surface area contributed by atoms with Crippen LogP contribution >= 0.6 is 0 Å². The minimum Gasteiger partial charge on any atom is -0.478 e. The summed E-state index contributed by atoms with van der Waals surface area (Å²) < 4.78 is 5.36. The van der Waals surface area contributed by atoms with Gasteiger partial charge in [-0.3, -0.25) is 0 Å². The van der Waals surface area contributed by atoms with Gasteiger partial charge in [0.15, 0.2) is 5.90 Å². The number of hydrogen-bond donors (Lipinski definition) is 0. The Kier molecular flexibility index (Phi) is 7.22. The first-order chi connectivity index (χ1) is 7.86. The molecule has 1 aliphatic heterocycles. The molecule has 1 heterocycles. The Morgan fingerprint density at radius 2 is 1.53 bits per heavy atom. The first kappa shape index (κ1) is 15.0. The Balaban J connectivity index is 0.000000205. The van der Waals surface area contributed by atoms with E-state index in [1.54, 1.807) is 0 Å². The monoisotopic (exact) mass is 269 g/mol. The van der Waals surface area contributed by atoms with E-state index in [-0.39, 0.29) is 17.1 Å². The molecule has 1 atom stereocenters. The smallest absolute Gasteiger partial charge is 0.191 e. The van der Waals surface area contributed by atoms with Crippen LogP contribution in [0.4, 0.5) is 0 Å². The molecular formula is C14H15FeNO. The zero-order chi connectivity index (χ0) is 11.2. The van der Waals surface area contributed by atoms with Crippen LogP contribution in [-0.4, -0.2) is 18.5 Å². The molecule has 90 valence electrons. The molecule has 0 saturated heterocycles. The van der Waals surface area contributed by atoms with E-state index in [2.05, 4.69) is 11.9 Å². The van der Waals surface area contributed by atoms with Crippen molar-refractivity contribution in [2.45, 2.75) is 13.0 Å². The molecule has 0 unspecified atom stereocenters. The van der Waals surface area contributed by atoms with Gasteiger partial charge < -0.3 is 4.74 Å². The van der Waals surface area contributed by atoms with Crippen LogP contribution in [0.15, 0.2) is 4.99 Å². The Morgan fingerprint density at radius 3 is 1.94 bits per heavy atom. The van der Waals surface area contributed by atoms with Gasteiger partial charge in [0.25, 0.3) is 0 Å². The number of nitrogens with zero attached hydrogens (tertiary/aromatic N) is 1. The topological polar surface area (TPSA) is 21.6 Å². The van der Waals surface area contributed by atoms with Crippen molar-refractivity contribution in [3.8, 4) is 0 Å². The summed E-state index contributed by atoms with van der Waals surface area (Å²) in [5, 5.41) is 0. The largest absolute Gasteiger partial charge is 0.478 e. The van der Waals surface area contributed by atoms with E-state index in [0.29, 0.717) is 6.04 Å². The van der Waals surface area contributed by atoms with Crippen LogP contribution in [0.3, 0.4) is 0 Å². The average Bonchev–Trinajstić information content (AvgIpc) is 3.03. The van der Waals surface area contributed by atoms with Gasteiger partial charge in [0.2, 0.25) is 0 Å². The van der Waals surface area contributed by atoms with Gasteiger partial charge in [0.1, 0.15) is 6.61 Å². The van der Waals surface area contributed by atoms with Gasteiger partial charge >= 0.3 is 0 Å². The van der Waals surface area contributed by atoms with Gasteiger partial charge in [0, 0.05) is 17.1 Å². The van der Waals surface area contributed by atoms with E-state index < -0.39 is 0 Å². The second kappa shape index (κ2) is 8.15. The minimum atomic E-state index is 0. The predicted molar refractivity (Wildman–Crippen MR) is 64.8 cm³/mol. The van der Waals surface area contributed by atoms with E-state index in [1.165, 1.54) is 0 Å². The summed E-state index contributed by atoms with van der Waals surface area (Å²) in [5.41, 5.74) is 0. The Labute approximate surface area is 116 Å². The zero-order valence-electron chi connectivity index (χ0n) is 9.69. The molecule has 0 aromatic rings. The fourth-order valence-electron chi connectivity index (χ4n) is 1.47. The maximum atomic E-state index is 5.36. The normalized spacial score (nSPS) is 27.8. The van der Waals surface area contributed by atoms with Gasteiger partial charge in [-0.1, -0.05) is 0 Å². The minimum absolute atomic E-state index is 0. The van der Waals surface area contributed by atoms with Gasteiger partial charge in [-0.15, -0.1) is 0 Å². The van der Waals surface area contributed by atoms with Gasteiger partial charge in [-0.05, 0) is 64.7 Å². The van der Waals surface area contributed by atoms with E-state index in [9.17, 15) is 0 Å². The molecule has 3 rings (SSSR count). The van der Waals surface area contributed by atoms with Crippen molar-refractivity contribution >= 4 is 5.90 Å². The summed E-state index contributed by atoms with van der Waals surface area (Å²) in [6.07, 6.45) is 18.0. The SMILES string of the molecule is C[C@H]1COC([C]2[CH][CH][CH][CH]2)=N1.[CH]1[CH][CH][CH][CH]1.[Fe]. The van der Waals surface area contributed by atoms with Crippen LogP contribution in [0.2, 0.25) is 0 Å². The third-order valence-corrected chi connectivity index (χ3v) is 2.26. The quantitative estimate of drug-likeness (QED) is 0.669. The molecular weight excluding hydrogens is 254 g/mol. The predicted octanol–water partition coefficient (Wildman–Crippen LogP) is 2.23. The molecule has 0 amide bonds. The summed E-state index contributed by atoms with van der Waals surface area (Å²) in [6.45, 7) is 2.77. The summed E-state index contributed by atoms with van der Waals surface area (Å²) >= 11 is 0. The summed E-state index contributed by atoms with van der Waals surface area (Å²) in [4.78, 5) is 4.33. The maximum absolute atomic E-state index is 5.36. The van der Waals surface area contributed by atoms with E-state index in [1.807, 2.05) is 57.8 Å². The van der Waals surface area contributed by atoms with Crippen molar-refractivity contribution in [2.24, 2.45) is 4.99 Å². The molecule has 3 aliphatic rings. The molecule has 2 saturated carbocycles.